The van der Waals surface area contributed by atoms with Gasteiger partial charge in [-0.3, -0.25) is 4.79 Å². The molecule has 2 aliphatic heterocycles. The SMILES string of the molecule is Cc1cccc(N2CCN(C(=O)c3cc4c(Cl)ccc5c4n3CCO5)C[C@@H]2C)c1. The van der Waals surface area contributed by atoms with E-state index >= 15 is 0 Å². The number of rotatable bonds is 2. The Bertz CT molecular complexity index is 1110. The summed E-state index contributed by atoms with van der Waals surface area (Å²) in [6, 6.07) is 14.5. The average Bonchev–Trinajstić information content (AvgIpc) is 3.12. The van der Waals surface area contributed by atoms with Gasteiger partial charge in [-0.2, -0.15) is 0 Å². The second-order valence-electron chi connectivity index (χ2n) is 7.97. The van der Waals surface area contributed by atoms with Crippen LogP contribution in [0, 0.1) is 6.92 Å². The largest absolute Gasteiger partial charge is 0.490 e. The van der Waals surface area contributed by atoms with Gasteiger partial charge in [0.05, 0.1) is 17.1 Å². The molecule has 2 aliphatic rings. The van der Waals surface area contributed by atoms with Crippen molar-refractivity contribution in [3.05, 3.63) is 58.7 Å². The molecule has 1 atom stereocenters. The van der Waals surface area contributed by atoms with E-state index in [0.717, 1.165) is 23.2 Å². The summed E-state index contributed by atoms with van der Waals surface area (Å²) in [5.74, 6) is 0.869. The lowest BCUT2D eigenvalue weighted by atomic mass is 10.1. The highest BCUT2D eigenvalue weighted by atomic mass is 35.5. The van der Waals surface area contributed by atoms with Crippen LogP contribution in [0.5, 0.6) is 5.75 Å². The molecule has 0 N–H and O–H groups in total. The number of benzene rings is 2. The van der Waals surface area contributed by atoms with Crippen LogP contribution in [-0.2, 0) is 6.54 Å². The number of aryl methyl sites for hydroxylation is 1. The summed E-state index contributed by atoms with van der Waals surface area (Å²) in [4.78, 5) is 17.8. The molecule has 29 heavy (non-hydrogen) atoms. The van der Waals surface area contributed by atoms with Gasteiger partial charge in [0.1, 0.15) is 18.1 Å². The summed E-state index contributed by atoms with van der Waals surface area (Å²) in [6.45, 7) is 7.75. The number of anilines is 1. The van der Waals surface area contributed by atoms with Crippen LogP contribution in [0.1, 0.15) is 23.0 Å². The third-order valence-corrected chi connectivity index (χ3v) is 6.34. The Morgan fingerprint density at radius 2 is 2.00 bits per heavy atom. The van der Waals surface area contributed by atoms with E-state index < -0.39 is 0 Å². The summed E-state index contributed by atoms with van der Waals surface area (Å²) >= 11 is 6.41. The summed E-state index contributed by atoms with van der Waals surface area (Å²) < 4.78 is 7.84. The molecule has 1 aromatic heterocycles. The number of hydrogen-bond donors (Lipinski definition) is 0. The molecule has 5 nitrogen and oxygen atoms in total. The van der Waals surface area contributed by atoms with E-state index in [1.165, 1.54) is 11.3 Å². The van der Waals surface area contributed by atoms with E-state index in [2.05, 4.69) is 47.6 Å². The fraction of sp³-hybridized carbons (Fsp3) is 0.348. The Hall–Kier alpha value is -2.66. The monoisotopic (exact) mass is 409 g/mol. The van der Waals surface area contributed by atoms with Crippen molar-refractivity contribution in [2.45, 2.75) is 26.4 Å². The van der Waals surface area contributed by atoms with Crippen LogP contribution in [0.4, 0.5) is 5.69 Å². The second kappa shape index (κ2) is 6.99. The molecule has 3 aromatic rings. The fourth-order valence-corrected chi connectivity index (χ4v) is 4.79. The van der Waals surface area contributed by atoms with Crippen LogP contribution in [-0.4, -0.2) is 47.7 Å². The maximum Gasteiger partial charge on any atom is 0.270 e. The summed E-state index contributed by atoms with van der Waals surface area (Å²) in [6.07, 6.45) is 0. The third-order valence-electron chi connectivity index (χ3n) is 6.01. The number of piperazine rings is 1. The smallest absolute Gasteiger partial charge is 0.270 e. The van der Waals surface area contributed by atoms with Crippen LogP contribution in [0.15, 0.2) is 42.5 Å². The number of amides is 1. The zero-order chi connectivity index (χ0) is 20.1. The first kappa shape index (κ1) is 18.4. The Labute approximate surface area is 175 Å². The van der Waals surface area contributed by atoms with Gasteiger partial charge in [0.2, 0.25) is 0 Å². The summed E-state index contributed by atoms with van der Waals surface area (Å²) in [5.41, 5.74) is 4.11. The Morgan fingerprint density at radius 1 is 1.14 bits per heavy atom. The van der Waals surface area contributed by atoms with Crippen molar-refractivity contribution >= 4 is 34.1 Å². The number of halogens is 1. The fourth-order valence-electron chi connectivity index (χ4n) is 4.58. The van der Waals surface area contributed by atoms with Crippen molar-refractivity contribution < 1.29 is 9.53 Å². The average molecular weight is 410 g/mol. The molecular formula is C23H24ClN3O2. The number of aromatic nitrogens is 1. The molecule has 0 unspecified atom stereocenters. The van der Waals surface area contributed by atoms with Crippen molar-refractivity contribution in [3.8, 4) is 5.75 Å². The lowest BCUT2D eigenvalue weighted by molar-refractivity contribution is 0.0714. The number of ether oxygens (including phenoxy) is 1. The van der Waals surface area contributed by atoms with Crippen LogP contribution in [0.2, 0.25) is 5.02 Å². The summed E-state index contributed by atoms with van der Waals surface area (Å²) in [7, 11) is 0. The lowest BCUT2D eigenvalue weighted by Crippen LogP contribution is -2.54. The third kappa shape index (κ3) is 3.04. The van der Waals surface area contributed by atoms with Gasteiger partial charge >= 0.3 is 0 Å². The van der Waals surface area contributed by atoms with Gasteiger partial charge in [-0.05, 0) is 49.7 Å². The highest BCUT2D eigenvalue weighted by molar-refractivity contribution is 6.36. The highest BCUT2D eigenvalue weighted by Crippen LogP contribution is 2.37. The van der Waals surface area contributed by atoms with Crippen LogP contribution in [0.25, 0.3) is 10.9 Å². The molecular weight excluding hydrogens is 386 g/mol. The molecule has 0 saturated carbocycles. The molecule has 1 fully saturated rings. The predicted molar refractivity (Wildman–Crippen MR) is 116 cm³/mol. The van der Waals surface area contributed by atoms with E-state index in [0.29, 0.717) is 37.0 Å². The van der Waals surface area contributed by atoms with Gasteiger partial charge < -0.3 is 19.1 Å². The van der Waals surface area contributed by atoms with E-state index in [1.807, 2.05) is 23.1 Å². The Balaban J connectivity index is 1.43. The predicted octanol–water partition coefficient (Wildman–Crippen LogP) is 4.35. The Kier molecular flexibility index (Phi) is 4.43. The van der Waals surface area contributed by atoms with Gasteiger partial charge in [-0.15, -0.1) is 0 Å². The second-order valence-corrected chi connectivity index (χ2v) is 8.38. The van der Waals surface area contributed by atoms with Crippen LogP contribution < -0.4 is 9.64 Å². The zero-order valence-corrected chi connectivity index (χ0v) is 17.4. The molecule has 0 bridgehead atoms. The standard InChI is InChI=1S/C23H24ClN3O2/c1-15-4-3-5-17(12-15)26-9-8-25(14-16(26)2)23(28)20-13-18-19(24)6-7-21-22(18)27(20)10-11-29-21/h3-7,12-13,16H,8-11,14H2,1-2H3/t16-/m0/s1. The molecule has 0 aliphatic carbocycles. The van der Waals surface area contributed by atoms with Crippen molar-refractivity contribution in [2.24, 2.45) is 0 Å². The number of hydrogen-bond acceptors (Lipinski definition) is 3. The molecule has 150 valence electrons. The molecule has 1 saturated heterocycles. The minimum atomic E-state index is 0.0702. The van der Waals surface area contributed by atoms with E-state index in [9.17, 15) is 4.79 Å². The first-order valence-corrected chi connectivity index (χ1v) is 10.5. The first-order valence-electron chi connectivity index (χ1n) is 10.1. The molecule has 3 heterocycles. The zero-order valence-electron chi connectivity index (χ0n) is 16.7. The van der Waals surface area contributed by atoms with E-state index in [-0.39, 0.29) is 11.9 Å². The van der Waals surface area contributed by atoms with Crippen molar-refractivity contribution in [2.75, 3.05) is 31.1 Å². The van der Waals surface area contributed by atoms with E-state index in [1.54, 1.807) is 0 Å². The minimum absolute atomic E-state index is 0.0702. The lowest BCUT2D eigenvalue weighted by Gasteiger charge is -2.41. The van der Waals surface area contributed by atoms with Gasteiger partial charge in [0, 0.05) is 36.7 Å². The molecule has 1 amide bonds. The van der Waals surface area contributed by atoms with Crippen molar-refractivity contribution in [3.63, 3.8) is 0 Å². The molecule has 0 radical (unpaired) electrons. The highest BCUT2D eigenvalue weighted by Gasteiger charge is 2.31. The molecule has 0 spiro atoms. The van der Waals surface area contributed by atoms with Gasteiger partial charge in [-0.1, -0.05) is 23.7 Å². The normalized spacial score (nSPS) is 18.8. The molecule has 2 aromatic carbocycles. The number of nitrogens with zero attached hydrogens (tertiary/aromatic N) is 3. The van der Waals surface area contributed by atoms with Gasteiger partial charge in [0.15, 0.2) is 0 Å². The quantitative estimate of drug-likeness (QED) is 0.631. The maximum atomic E-state index is 13.4. The minimum Gasteiger partial charge on any atom is -0.490 e. The summed E-state index contributed by atoms with van der Waals surface area (Å²) in [5, 5.41) is 1.54. The topological polar surface area (TPSA) is 37.7 Å². The Morgan fingerprint density at radius 3 is 2.79 bits per heavy atom. The number of carbonyl (C=O) groups excluding carboxylic acids is 1. The van der Waals surface area contributed by atoms with Crippen molar-refractivity contribution in [1.82, 2.24) is 9.47 Å². The maximum absolute atomic E-state index is 13.4. The van der Waals surface area contributed by atoms with Crippen LogP contribution >= 0.6 is 11.6 Å². The molecule has 6 heteroatoms. The number of carbonyl (C=O) groups is 1. The molecule has 5 rings (SSSR count). The van der Waals surface area contributed by atoms with Crippen molar-refractivity contribution in [1.29, 1.82) is 0 Å². The van der Waals surface area contributed by atoms with Gasteiger partial charge in [0.25, 0.3) is 5.91 Å². The van der Waals surface area contributed by atoms with E-state index in [4.69, 9.17) is 16.3 Å². The first-order chi connectivity index (χ1) is 14.0. The van der Waals surface area contributed by atoms with Gasteiger partial charge in [-0.25, -0.2) is 0 Å². The van der Waals surface area contributed by atoms with Crippen LogP contribution in [0.3, 0.4) is 0 Å².